The molecule has 1 aliphatic heterocycles. The van der Waals surface area contributed by atoms with Crippen molar-refractivity contribution >= 4 is 23.3 Å². The SMILES string of the molecule is O=C(CN1C(=O)CCCCC1=O)c1cccc([N+](=O)[O-])c1. The van der Waals surface area contributed by atoms with E-state index in [2.05, 4.69) is 0 Å². The van der Waals surface area contributed by atoms with Gasteiger partial charge >= 0.3 is 0 Å². The molecule has 0 aliphatic carbocycles. The fourth-order valence-corrected chi connectivity index (χ4v) is 2.17. The van der Waals surface area contributed by atoms with E-state index in [9.17, 15) is 24.5 Å². The molecule has 2 rings (SSSR count). The number of nitro benzene ring substituents is 1. The molecule has 1 heterocycles. The van der Waals surface area contributed by atoms with Crippen molar-refractivity contribution in [2.45, 2.75) is 25.7 Å². The molecule has 0 aromatic heterocycles. The predicted molar refractivity (Wildman–Crippen MR) is 72.6 cm³/mol. The number of carbonyl (C=O) groups excluding carboxylic acids is 3. The number of Topliss-reactive ketones (excluding diaryl/α,β-unsaturated/α-hetero) is 1. The summed E-state index contributed by atoms with van der Waals surface area (Å²) in [5, 5.41) is 10.7. The van der Waals surface area contributed by atoms with Crippen LogP contribution in [-0.2, 0) is 9.59 Å². The van der Waals surface area contributed by atoms with Crippen LogP contribution in [0, 0.1) is 10.1 Å². The summed E-state index contributed by atoms with van der Waals surface area (Å²) in [6, 6.07) is 5.26. The van der Waals surface area contributed by atoms with Crippen molar-refractivity contribution in [1.29, 1.82) is 0 Å². The lowest BCUT2D eigenvalue weighted by atomic mass is 10.1. The van der Waals surface area contributed by atoms with Gasteiger partial charge in [-0.3, -0.25) is 29.4 Å². The minimum absolute atomic E-state index is 0.119. The summed E-state index contributed by atoms with van der Waals surface area (Å²) < 4.78 is 0. The highest BCUT2D eigenvalue weighted by Crippen LogP contribution is 2.16. The van der Waals surface area contributed by atoms with E-state index < -0.39 is 10.7 Å². The van der Waals surface area contributed by atoms with Crippen molar-refractivity contribution in [2.75, 3.05) is 6.54 Å². The van der Waals surface area contributed by atoms with Crippen LogP contribution >= 0.6 is 0 Å². The second-order valence-corrected chi connectivity index (χ2v) is 4.81. The van der Waals surface area contributed by atoms with Crippen LogP contribution in [0.4, 0.5) is 5.69 Å². The van der Waals surface area contributed by atoms with Gasteiger partial charge in [0.15, 0.2) is 5.78 Å². The number of carbonyl (C=O) groups is 3. The lowest BCUT2D eigenvalue weighted by molar-refractivity contribution is -0.384. The average molecular weight is 290 g/mol. The van der Waals surface area contributed by atoms with Crippen LogP contribution in [0.1, 0.15) is 36.0 Å². The number of benzene rings is 1. The number of nitrogens with zero attached hydrogens (tertiary/aromatic N) is 2. The predicted octanol–water partition coefficient (Wildman–Crippen LogP) is 1.71. The van der Waals surface area contributed by atoms with E-state index in [4.69, 9.17) is 0 Å². The molecule has 110 valence electrons. The molecule has 7 heteroatoms. The molecule has 1 fully saturated rings. The Bertz CT molecular complexity index is 593. The Morgan fingerprint density at radius 3 is 2.38 bits per heavy atom. The Morgan fingerprint density at radius 1 is 1.19 bits per heavy atom. The summed E-state index contributed by atoms with van der Waals surface area (Å²) in [5.74, 6) is -1.21. The summed E-state index contributed by atoms with van der Waals surface area (Å²) in [6.45, 7) is -0.362. The van der Waals surface area contributed by atoms with E-state index in [1.165, 1.54) is 18.2 Å². The van der Waals surface area contributed by atoms with Crippen LogP contribution in [0.2, 0.25) is 0 Å². The number of non-ortho nitro benzene ring substituents is 1. The number of amides is 2. The molecular formula is C14H14N2O5. The molecule has 7 nitrogen and oxygen atoms in total. The highest BCUT2D eigenvalue weighted by atomic mass is 16.6. The maximum absolute atomic E-state index is 12.1. The molecule has 0 saturated carbocycles. The van der Waals surface area contributed by atoms with Crippen molar-refractivity contribution < 1.29 is 19.3 Å². The fraction of sp³-hybridized carbons (Fsp3) is 0.357. The van der Waals surface area contributed by atoms with Crippen LogP contribution in [0.25, 0.3) is 0 Å². The summed E-state index contributed by atoms with van der Waals surface area (Å²) in [4.78, 5) is 46.8. The monoisotopic (exact) mass is 290 g/mol. The van der Waals surface area contributed by atoms with Crippen LogP contribution < -0.4 is 0 Å². The van der Waals surface area contributed by atoms with Gasteiger partial charge in [-0.25, -0.2) is 0 Å². The number of ketones is 1. The van der Waals surface area contributed by atoms with Crippen molar-refractivity contribution in [1.82, 2.24) is 4.90 Å². The molecule has 1 aliphatic rings. The summed E-state index contributed by atoms with van der Waals surface area (Å²) in [7, 11) is 0. The molecule has 21 heavy (non-hydrogen) atoms. The molecular weight excluding hydrogens is 276 g/mol. The normalized spacial score (nSPS) is 15.7. The topological polar surface area (TPSA) is 97.6 Å². The van der Waals surface area contributed by atoms with Gasteiger partial charge in [-0.1, -0.05) is 12.1 Å². The maximum Gasteiger partial charge on any atom is 0.270 e. The standard InChI is InChI=1S/C14H14N2O5/c17-12(10-4-3-5-11(8-10)16(20)21)9-15-13(18)6-1-2-7-14(15)19/h3-5,8H,1-2,6-7,9H2. The van der Waals surface area contributed by atoms with Gasteiger partial charge in [0.05, 0.1) is 11.5 Å². The van der Waals surface area contributed by atoms with Gasteiger partial charge in [0, 0.05) is 30.5 Å². The van der Waals surface area contributed by atoms with Crippen LogP contribution in [-0.4, -0.2) is 34.0 Å². The molecule has 0 bridgehead atoms. The third-order valence-corrected chi connectivity index (χ3v) is 3.31. The number of hydrogen-bond donors (Lipinski definition) is 0. The van der Waals surface area contributed by atoms with Crippen molar-refractivity contribution in [3.8, 4) is 0 Å². The number of imide groups is 1. The van der Waals surface area contributed by atoms with Crippen LogP contribution in [0.15, 0.2) is 24.3 Å². The Labute approximate surface area is 120 Å². The lowest BCUT2D eigenvalue weighted by Crippen LogP contribution is -2.39. The number of rotatable bonds is 4. The number of nitro groups is 1. The van der Waals surface area contributed by atoms with Gasteiger partial charge in [-0.15, -0.1) is 0 Å². The first-order chi connectivity index (χ1) is 9.99. The van der Waals surface area contributed by atoms with Crippen LogP contribution in [0.3, 0.4) is 0 Å². The van der Waals surface area contributed by atoms with Crippen LogP contribution in [0.5, 0.6) is 0 Å². The molecule has 0 atom stereocenters. The summed E-state index contributed by atoms with van der Waals surface area (Å²) in [6.07, 6.45) is 1.75. The van der Waals surface area contributed by atoms with E-state index in [-0.39, 0.29) is 42.5 Å². The van der Waals surface area contributed by atoms with Gasteiger partial charge in [-0.05, 0) is 12.8 Å². The molecule has 0 N–H and O–H groups in total. The summed E-state index contributed by atoms with van der Waals surface area (Å²) in [5.41, 5.74) is -0.0802. The zero-order valence-corrected chi connectivity index (χ0v) is 11.3. The first-order valence-corrected chi connectivity index (χ1v) is 6.60. The second-order valence-electron chi connectivity index (χ2n) is 4.81. The number of likely N-dealkylation sites (tertiary alicyclic amines) is 1. The molecule has 1 saturated heterocycles. The summed E-state index contributed by atoms with van der Waals surface area (Å²) >= 11 is 0. The Morgan fingerprint density at radius 2 is 1.81 bits per heavy atom. The zero-order chi connectivity index (χ0) is 15.4. The molecule has 0 spiro atoms. The quantitative estimate of drug-likeness (QED) is 0.364. The third-order valence-electron chi connectivity index (χ3n) is 3.31. The van der Waals surface area contributed by atoms with E-state index >= 15 is 0 Å². The van der Waals surface area contributed by atoms with Crippen molar-refractivity contribution in [2.24, 2.45) is 0 Å². The van der Waals surface area contributed by atoms with Gasteiger partial charge in [0.1, 0.15) is 0 Å². The van der Waals surface area contributed by atoms with E-state index in [0.717, 1.165) is 11.0 Å². The van der Waals surface area contributed by atoms with E-state index in [0.29, 0.717) is 12.8 Å². The first kappa shape index (κ1) is 14.8. The lowest BCUT2D eigenvalue weighted by Gasteiger charge is -2.17. The fourth-order valence-electron chi connectivity index (χ4n) is 2.17. The van der Waals surface area contributed by atoms with Gasteiger partial charge < -0.3 is 0 Å². The van der Waals surface area contributed by atoms with E-state index in [1.807, 2.05) is 0 Å². The zero-order valence-electron chi connectivity index (χ0n) is 11.3. The first-order valence-electron chi connectivity index (χ1n) is 6.60. The minimum Gasteiger partial charge on any atom is -0.292 e. The van der Waals surface area contributed by atoms with Crippen molar-refractivity contribution in [3.05, 3.63) is 39.9 Å². The van der Waals surface area contributed by atoms with Gasteiger partial charge in [0.25, 0.3) is 5.69 Å². The third kappa shape index (κ3) is 3.50. The van der Waals surface area contributed by atoms with Gasteiger partial charge in [0.2, 0.25) is 11.8 Å². The molecule has 1 aromatic carbocycles. The molecule has 1 aromatic rings. The molecule has 0 unspecified atom stereocenters. The smallest absolute Gasteiger partial charge is 0.270 e. The highest BCUT2D eigenvalue weighted by molar-refractivity contribution is 6.05. The molecule has 2 amide bonds. The minimum atomic E-state index is -0.598. The largest absolute Gasteiger partial charge is 0.292 e. The average Bonchev–Trinajstić information content (AvgIpc) is 2.62. The Hall–Kier alpha value is -2.57. The van der Waals surface area contributed by atoms with E-state index in [1.54, 1.807) is 0 Å². The Kier molecular flexibility index (Phi) is 4.42. The second kappa shape index (κ2) is 6.25. The Balaban J connectivity index is 2.16. The van der Waals surface area contributed by atoms with Crippen molar-refractivity contribution in [3.63, 3.8) is 0 Å². The maximum atomic E-state index is 12.1. The van der Waals surface area contributed by atoms with Gasteiger partial charge in [-0.2, -0.15) is 0 Å². The number of hydrogen-bond acceptors (Lipinski definition) is 5. The highest BCUT2D eigenvalue weighted by Gasteiger charge is 2.26. The molecule has 0 radical (unpaired) electrons.